The van der Waals surface area contributed by atoms with Crippen LogP contribution in [0, 0.1) is 0 Å². The van der Waals surface area contributed by atoms with E-state index in [0.717, 1.165) is 30.3 Å². The van der Waals surface area contributed by atoms with Gasteiger partial charge < -0.3 is 10.2 Å². The van der Waals surface area contributed by atoms with Gasteiger partial charge in [-0.2, -0.15) is 16.9 Å². The quantitative estimate of drug-likeness (QED) is 0.764. The molecule has 2 aromatic heterocycles. The molecular formula is C18H18N6OS. The summed E-state index contributed by atoms with van der Waals surface area (Å²) in [5.74, 6) is 2.73. The first kappa shape index (κ1) is 16.6. The molecule has 1 aromatic carbocycles. The Kier molecular flexibility index (Phi) is 4.83. The normalized spacial score (nSPS) is 14.2. The lowest BCUT2D eigenvalue weighted by atomic mass is 10.2. The zero-order valence-electron chi connectivity index (χ0n) is 14.1. The Labute approximate surface area is 155 Å². The Bertz CT molecular complexity index is 891. The summed E-state index contributed by atoms with van der Waals surface area (Å²) in [6, 6.07) is 9.10. The molecule has 8 heteroatoms. The molecule has 0 bridgehead atoms. The number of nitrogens with zero attached hydrogens (tertiary/aromatic N) is 5. The van der Waals surface area contributed by atoms with Gasteiger partial charge in [0.15, 0.2) is 5.82 Å². The second-order valence-corrected chi connectivity index (χ2v) is 7.05. The third kappa shape index (κ3) is 3.55. The van der Waals surface area contributed by atoms with Crippen molar-refractivity contribution in [1.29, 1.82) is 0 Å². The number of amides is 1. The fourth-order valence-electron chi connectivity index (χ4n) is 2.82. The largest absolute Gasteiger partial charge is 0.366 e. The van der Waals surface area contributed by atoms with Crippen LogP contribution in [-0.4, -0.2) is 50.3 Å². The Balaban J connectivity index is 1.56. The second kappa shape index (κ2) is 7.57. The van der Waals surface area contributed by atoms with Gasteiger partial charge in [-0.25, -0.2) is 14.6 Å². The lowest BCUT2D eigenvalue weighted by Gasteiger charge is -2.29. The number of carbonyl (C=O) groups is 1. The Hall–Kier alpha value is -2.87. The fraction of sp³-hybridized carbons (Fsp3) is 0.222. The van der Waals surface area contributed by atoms with E-state index >= 15 is 0 Å². The molecule has 132 valence electrons. The van der Waals surface area contributed by atoms with Crippen LogP contribution in [0.5, 0.6) is 0 Å². The molecule has 0 spiro atoms. The smallest absolute Gasteiger partial charge is 0.255 e. The van der Waals surface area contributed by atoms with Crippen molar-refractivity contribution in [3.05, 3.63) is 60.8 Å². The maximum atomic E-state index is 12.3. The topological polar surface area (TPSA) is 75.9 Å². The van der Waals surface area contributed by atoms with Gasteiger partial charge in [-0.3, -0.25) is 4.79 Å². The number of anilines is 2. The standard InChI is InChI=1S/C18H18N6OS/c25-18(14-4-2-1-3-5-14)22-15-10-21-24(12-15)17-16(11-19-13-20-17)23-6-8-26-9-7-23/h1-5,10-13H,6-9H2,(H,22,25). The SMILES string of the molecule is O=C(Nc1cnn(-c2ncncc2N2CCSCC2)c1)c1ccccc1. The van der Waals surface area contributed by atoms with Gasteiger partial charge in [0.1, 0.15) is 12.0 Å². The molecule has 7 nitrogen and oxygen atoms in total. The molecule has 1 amide bonds. The Morgan fingerprint density at radius 3 is 2.73 bits per heavy atom. The maximum absolute atomic E-state index is 12.3. The summed E-state index contributed by atoms with van der Waals surface area (Å²) in [4.78, 5) is 23.1. The predicted molar refractivity (Wildman–Crippen MR) is 103 cm³/mol. The molecule has 0 aliphatic carbocycles. The zero-order chi connectivity index (χ0) is 17.8. The van der Waals surface area contributed by atoms with Crippen molar-refractivity contribution in [2.75, 3.05) is 34.8 Å². The molecule has 4 rings (SSSR count). The highest BCUT2D eigenvalue weighted by molar-refractivity contribution is 7.99. The van der Waals surface area contributed by atoms with E-state index in [1.54, 1.807) is 29.2 Å². The van der Waals surface area contributed by atoms with Crippen LogP contribution in [0.2, 0.25) is 0 Å². The van der Waals surface area contributed by atoms with Crippen LogP contribution in [-0.2, 0) is 0 Å². The van der Waals surface area contributed by atoms with E-state index in [1.807, 2.05) is 36.2 Å². The minimum Gasteiger partial charge on any atom is -0.366 e. The maximum Gasteiger partial charge on any atom is 0.255 e. The van der Waals surface area contributed by atoms with Crippen molar-refractivity contribution in [3.8, 4) is 5.82 Å². The van der Waals surface area contributed by atoms with E-state index in [1.165, 1.54) is 6.33 Å². The molecule has 0 unspecified atom stereocenters. The number of thioether (sulfide) groups is 1. The highest BCUT2D eigenvalue weighted by atomic mass is 32.2. The summed E-state index contributed by atoms with van der Waals surface area (Å²) in [6.45, 7) is 1.92. The molecule has 1 saturated heterocycles. The fourth-order valence-corrected chi connectivity index (χ4v) is 3.72. The number of benzene rings is 1. The van der Waals surface area contributed by atoms with Crippen LogP contribution in [0.15, 0.2) is 55.2 Å². The summed E-state index contributed by atoms with van der Waals surface area (Å²) in [5.41, 5.74) is 2.18. The van der Waals surface area contributed by atoms with Crippen molar-refractivity contribution in [1.82, 2.24) is 19.7 Å². The van der Waals surface area contributed by atoms with Gasteiger partial charge >= 0.3 is 0 Å². The predicted octanol–water partition coefficient (Wildman–Crippen LogP) is 2.47. The third-order valence-electron chi connectivity index (χ3n) is 4.12. The first-order chi connectivity index (χ1) is 12.8. The minimum absolute atomic E-state index is 0.166. The van der Waals surface area contributed by atoms with Gasteiger partial charge in [0.05, 0.1) is 24.3 Å². The van der Waals surface area contributed by atoms with E-state index in [-0.39, 0.29) is 5.91 Å². The van der Waals surface area contributed by atoms with Crippen LogP contribution >= 0.6 is 11.8 Å². The van der Waals surface area contributed by atoms with E-state index in [0.29, 0.717) is 17.1 Å². The lowest BCUT2D eigenvalue weighted by Crippen LogP contribution is -2.33. The van der Waals surface area contributed by atoms with Crippen molar-refractivity contribution >= 4 is 29.0 Å². The number of nitrogens with one attached hydrogen (secondary N) is 1. The highest BCUT2D eigenvalue weighted by Gasteiger charge is 2.18. The molecule has 1 N–H and O–H groups in total. The minimum atomic E-state index is -0.166. The van der Waals surface area contributed by atoms with E-state index in [9.17, 15) is 4.79 Å². The average molecular weight is 366 g/mol. The summed E-state index contributed by atoms with van der Waals surface area (Å²) >= 11 is 1.95. The van der Waals surface area contributed by atoms with Crippen LogP contribution in [0.25, 0.3) is 5.82 Å². The van der Waals surface area contributed by atoms with Crippen molar-refractivity contribution in [2.45, 2.75) is 0 Å². The van der Waals surface area contributed by atoms with Gasteiger partial charge in [0, 0.05) is 30.2 Å². The van der Waals surface area contributed by atoms with Gasteiger partial charge in [-0.05, 0) is 12.1 Å². The van der Waals surface area contributed by atoms with Gasteiger partial charge in [-0.1, -0.05) is 18.2 Å². The highest BCUT2D eigenvalue weighted by Crippen LogP contribution is 2.24. The van der Waals surface area contributed by atoms with Gasteiger partial charge in [0.25, 0.3) is 5.91 Å². The number of hydrogen-bond acceptors (Lipinski definition) is 6. The molecular weight excluding hydrogens is 348 g/mol. The van der Waals surface area contributed by atoms with Crippen LogP contribution in [0.3, 0.4) is 0 Å². The molecule has 1 fully saturated rings. The molecule has 0 radical (unpaired) electrons. The molecule has 3 aromatic rings. The number of hydrogen-bond donors (Lipinski definition) is 1. The molecule has 26 heavy (non-hydrogen) atoms. The van der Waals surface area contributed by atoms with Crippen molar-refractivity contribution in [2.24, 2.45) is 0 Å². The first-order valence-electron chi connectivity index (χ1n) is 8.35. The lowest BCUT2D eigenvalue weighted by molar-refractivity contribution is 0.102. The van der Waals surface area contributed by atoms with Crippen molar-refractivity contribution in [3.63, 3.8) is 0 Å². The second-order valence-electron chi connectivity index (χ2n) is 5.82. The average Bonchev–Trinajstić information content (AvgIpc) is 3.17. The molecule has 0 saturated carbocycles. The van der Waals surface area contributed by atoms with E-state index < -0.39 is 0 Å². The van der Waals surface area contributed by atoms with Crippen molar-refractivity contribution < 1.29 is 4.79 Å². The summed E-state index contributed by atoms with van der Waals surface area (Å²) in [6.07, 6.45) is 6.73. The van der Waals surface area contributed by atoms with E-state index in [4.69, 9.17) is 0 Å². The zero-order valence-corrected chi connectivity index (χ0v) is 14.9. The first-order valence-corrected chi connectivity index (χ1v) is 9.51. The molecule has 0 atom stereocenters. The molecule has 1 aliphatic heterocycles. The number of rotatable bonds is 4. The monoisotopic (exact) mass is 366 g/mol. The number of carbonyl (C=O) groups excluding carboxylic acids is 1. The van der Waals surface area contributed by atoms with Gasteiger partial charge in [-0.15, -0.1) is 0 Å². The summed E-state index contributed by atoms with van der Waals surface area (Å²) < 4.78 is 1.68. The van der Waals surface area contributed by atoms with Crippen LogP contribution < -0.4 is 10.2 Å². The van der Waals surface area contributed by atoms with Crippen LogP contribution in [0.1, 0.15) is 10.4 Å². The Morgan fingerprint density at radius 1 is 1.12 bits per heavy atom. The Morgan fingerprint density at radius 2 is 1.92 bits per heavy atom. The molecule has 1 aliphatic rings. The van der Waals surface area contributed by atoms with E-state index in [2.05, 4.69) is 25.3 Å². The third-order valence-corrected chi connectivity index (χ3v) is 5.06. The summed E-state index contributed by atoms with van der Waals surface area (Å²) in [5, 5.41) is 7.23. The van der Waals surface area contributed by atoms with Gasteiger partial charge in [0.2, 0.25) is 0 Å². The number of aromatic nitrogens is 4. The molecule has 3 heterocycles. The summed E-state index contributed by atoms with van der Waals surface area (Å²) in [7, 11) is 0. The van der Waals surface area contributed by atoms with Crippen LogP contribution in [0.4, 0.5) is 11.4 Å².